The van der Waals surface area contributed by atoms with Crippen LogP contribution in [0.1, 0.15) is 52.8 Å². The minimum atomic E-state index is 0.290. The van der Waals surface area contributed by atoms with E-state index >= 15 is 0 Å². The lowest BCUT2D eigenvalue weighted by atomic mass is 10.0. The first kappa shape index (κ1) is 13.7. The van der Waals surface area contributed by atoms with E-state index in [1.807, 2.05) is 0 Å². The second-order valence-electron chi connectivity index (χ2n) is 5.09. The van der Waals surface area contributed by atoms with Crippen LogP contribution in [-0.2, 0) is 0 Å². The molecule has 0 bridgehead atoms. The van der Waals surface area contributed by atoms with E-state index in [-0.39, 0.29) is 5.92 Å². The van der Waals surface area contributed by atoms with Gasteiger partial charge in [-0.15, -0.1) is 0 Å². The number of nitrogens with one attached hydrogen (secondary N) is 1. The molecule has 0 aliphatic rings. The van der Waals surface area contributed by atoms with Crippen LogP contribution in [0.25, 0.3) is 0 Å². The highest BCUT2D eigenvalue weighted by atomic mass is 15.1. The van der Waals surface area contributed by atoms with Crippen LogP contribution in [0.5, 0.6) is 0 Å². The van der Waals surface area contributed by atoms with Crippen LogP contribution < -0.4 is 11.1 Å². The quantitative estimate of drug-likeness (QED) is 0.824. The maximum Gasteiger partial charge on any atom is 0.135 e. The van der Waals surface area contributed by atoms with E-state index in [2.05, 4.69) is 49.9 Å². The van der Waals surface area contributed by atoms with Crippen LogP contribution in [0.3, 0.4) is 0 Å². The maximum absolute atomic E-state index is 5.80. The smallest absolute Gasteiger partial charge is 0.135 e. The number of hydrogen-bond donors (Lipinski definition) is 2. The van der Waals surface area contributed by atoms with Crippen molar-refractivity contribution in [1.82, 2.24) is 9.97 Å². The van der Waals surface area contributed by atoms with E-state index in [0.29, 0.717) is 17.8 Å². The lowest BCUT2D eigenvalue weighted by Gasteiger charge is -2.21. The van der Waals surface area contributed by atoms with Crippen molar-refractivity contribution in [1.29, 1.82) is 0 Å². The van der Waals surface area contributed by atoms with Crippen molar-refractivity contribution in [2.24, 2.45) is 5.92 Å². The molecular weight excluding hydrogens is 212 g/mol. The molecule has 4 heteroatoms. The summed E-state index contributed by atoms with van der Waals surface area (Å²) in [6, 6.07) is 2.22. The molecule has 0 fully saturated rings. The van der Waals surface area contributed by atoms with Crippen LogP contribution in [0, 0.1) is 5.92 Å². The summed E-state index contributed by atoms with van der Waals surface area (Å²) in [5, 5.41) is 3.43. The first-order valence-electron chi connectivity index (χ1n) is 6.35. The first-order valence-corrected chi connectivity index (χ1v) is 6.35. The van der Waals surface area contributed by atoms with Crippen molar-refractivity contribution in [3.8, 4) is 0 Å². The van der Waals surface area contributed by atoms with Gasteiger partial charge in [0.05, 0.1) is 0 Å². The largest absolute Gasteiger partial charge is 0.384 e. The maximum atomic E-state index is 5.80. The fourth-order valence-electron chi connectivity index (χ4n) is 1.75. The minimum Gasteiger partial charge on any atom is -0.384 e. The molecular formula is C13H24N4. The van der Waals surface area contributed by atoms with E-state index in [4.69, 9.17) is 5.73 Å². The molecule has 0 saturated heterocycles. The Hall–Kier alpha value is -1.32. The van der Waals surface area contributed by atoms with Gasteiger partial charge in [-0.25, -0.2) is 9.97 Å². The van der Waals surface area contributed by atoms with Gasteiger partial charge in [0.1, 0.15) is 17.5 Å². The fraction of sp³-hybridized carbons (Fsp3) is 0.692. The average molecular weight is 236 g/mol. The van der Waals surface area contributed by atoms with Crippen molar-refractivity contribution in [2.45, 2.75) is 53.0 Å². The molecule has 0 aromatic carbocycles. The van der Waals surface area contributed by atoms with Gasteiger partial charge < -0.3 is 11.1 Å². The molecule has 3 N–H and O–H groups in total. The van der Waals surface area contributed by atoms with E-state index in [0.717, 1.165) is 18.1 Å². The number of nitrogens with zero attached hydrogens (tertiary/aromatic N) is 2. The monoisotopic (exact) mass is 236 g/mol. The standard InChI is InChI=1S/C13H24N4/c1-6-10(8(2)3)15-12-7-11(14)16-13(17-12)9(4)5/h7-10H,6H2,1-5H3,(H3,14,15,16,17). The zero-order valence-corrected chi connectivity index (χ0v) is 11.5. The van der Waals surface area contributed by atoms with E-state index in [1.165, 1.54) is 0 Å². The third-order valence-corrected chi connectivity index (χ3v) is 2.86. The first-order chi connectivity index (χ1) is 7.93. The van der Waals surface area contributed by atoms with Gasteiger partial charge in [-0.05, 0) is 12.3 Å². The van der Waals surface area contributed by atoms with Crippen LogP contribution in [0.15, 0.2) is 6.07 Å². The molecule has 1 heterocycles. The Bertz CT molecular complexity index is 360. The number of aromatic nitrogens is 2. The molecule has 0 aliphatic carbocycles. The van der Waals surface area contributed by atoms with Gasteiger partial charge in [-0.1, -0.05) is 34.6 Å². The zero-order chi connectivity index (χ0) is 13.0. The Morgan fingerprint density at radius 2 is 1.88 bits per heavy atom. The van der Waals surface area contributed by atoms with Gasteiger partial charge >= 0.3 is 0 Å². The molecule has 1 rings (SSSR count). The van der Waals surface area contributed by atoms with Gasteiger partial charge in [0, 0.05) is 18.0 Å². The number of anilines is 2. The molecule has 17 heavy (non-hydrogen) atoms. The highest BCUT2D eigenvalue weighted by Gasteiger charge is 2.13. The zero-order valence-electron chi connectivity index (χ0n) is 11.5. The molecule has 0 radical (unpaired) electrons. The lowest BCUT2D eigenvalue weighted by Crippen LogP contribution is -2.25. The predicted octanol–water partition coefficient (Wildman–Crippen LogP) is 3.03. The molecule has 1 aromatic rings. The van der Waals surface area contributed by atoms with E-state index < -0.39 is 0 Å². The summed E-state index contributed by atoms with van der Waals surface area (Å²) in [6.07, 6.45) is 1.07. The minimum absolute atomic E-state index is 0.290. The number of nitrogens with two attached hydrogens (primary N) is 1. The van der Waals surface area contributed by atoms with Crippen molar-refractivity contribution in [2.75, 3.05) is 11.1 Å². The third-order valence-electron chi connectivity index (χ3n) is 2.86. The Morgan fingerprint density at radius 1 is 1.24 bits per heavy atom. The van der Waals surface area contributed by atoms with E-state index in [9.17, 15) is 0 Å². The number of nitrogen functional groups attached to an aromatic ring is 1. The van der Waals surface area contributed by atoms with E-state index in [1.54, 1.807) is 6.07 Å². The van der Waals surface area contributed by atoms with Crippen molar-refractivity contribution >= 4 is 11.6 Å². The number of rotatable bonds is 5. The molecule has 4 nitrogen and oxygen atoms in total. The van der Waals surface area contributed by atoms with Gasteiger partial charge in [0.2, 0.25) is 0 Å². The summed E-state index contributed by atoms with van der Waals surface area (Å²) >= 11 is 0. The predicted molar refractivity (Wildman–Crippen MR) is 73.1 cm³/mol. The average Bonchev–Trinajstić information content (AvgIpc) is 2.24. The molecule has 0 aliphatic heterocycles. The Balaban J connectivity index is 2.90. The van der Waals surface area contributed by atoms with Crippen LogP contribution in [0.2, 0.25) is 0 Å². The van der Waals surface area contributed by atoms with Gasteiger partial charge in [-0.2, -0.15) is 0 Å². The Kier molecular flexibility index (Phi) is 4.73. The Labute approximate surface area is 104 Å². The second kappa shape index (κ2) is 5.84. The van der Waals surface area contributed by atoms with Crippen molar-refractivity contribution < 1.29 is 0 Å². The molecule has 0 spiro atoms. The summed E-state index contributed by atoms with van der Waals surface area (Å²) < 4.78 is 0. The topological polar surface area (TPSA) is 63.8 Å². The molecule has 1 unspecified atom stereocenters. The summed E-state index contributed by atoms with van der Waals surface area (Å²) in [7, 11) is 0. The lowest BCUT2D eigenvalue weighted by molar-refractivity contribution is 0.509. The second-order valence-corrected chi connectivity index (χ2v) is 5.09. The molecule has 1 atom stereocenters. The van der Waals surface area contributed by atoms with Crippen LogP contribution in [-0.4, -0.2) is 16.0 Å². The molecule has 96 valence electrons. The van der Waals surface area contributed by atoms with Crippen LogP contribution in [0.4, 0.5) is 11.6 Å². The summed E-state index contributed by atoms with van der Waals surface area (Å²) in [6.45, 7) is 10.7. The van der Waals surface area contributed by atoms with Crippen molar-refractivity contribution in [3.05, 3.63) is 11.9 Å². The van der Waals surface area contributed by atoms with Gasteiger partial charge in [0.15, 0.2) is 0 Å². The van der Waals surface area contributed by atoms with Gasteiger partial charge in [-0.3, -0.25) is 0 Å². The molecule has 0 saturated carbocycles. The highest BCUT2D eigenvalue weighted by Crippen LogP contribution is 2.18. The number of hydrogen-bond acceptors (Lipinski definition) is 4. The highest BCUT2D eigenvalue weighted by molar-refractivity contribution is 5.45. The van der Waals surface area contributed by atoms with Gasteiger partial charge in [0.25, 0.3) is 0 Å². The Morgan fingerprint density at radius 3 is 2.35 bits per heavy atom. The summed E-state index contributed by atoms with van der Waals surface area (Å²) in [5.74, 6) is 3.02. The molecule has 0 amide bonds. The SMILES string of the molecule is CCC(Nc1cc(N)nc(C(C)C)n1)C(C)C. The summed E-state index contributed by atoms with van der Waals surface area (Å²) in [4.78, 5) is 8.74. The fourth-order valence-corrected chi connectivity index (χ4v) is 1.75. The van der Waals surface area contributed by atoms with Crippen molar-refractivity contribution in [3.63, 3.8) is 0 Å². The van der Waals surface area contributed by atoms with Crippen LogP contribution >= 0.6 is 0 Å². The molecule has 1 aromatic heterocycles. The summed E-state index contributed by atoms with van der Waals surface area (Å²) in [5.41, 5.74) is 5.80. The third kappa shape index (κ3) is 3.88. The normalized spacial score (nSPS) is 13.1.